The van der Waals surface area contributed by atoms with E-state index >= 15 is 0 Å². The van der Waals surface area contributed by atoms with Crippen molar-refractivity contribution < 1.29 is 0 Å². The summed E-state index contributed by atoms with van der Waals surface area (Å²) < 4.78 is 0. The molecule has 1 heterocycles. The van der Waals surface area contributed by atoms with Gasteiger partial charge in [-0.3, -0.25) is 0 Å². The minimum absolute atomic E-state index is 0.457. The number of hydrogen-bond donors (Lipinski definition) is 1. The molecule has 1 aliphatic carbocycles. The van der Waals surface area contributed by atoms with Crippen LogP contribution in [-0.2, 0) is 0 Å². The zero-order chi connectivity index (χ0) is 13.7. The third-order valence-corrected chi connectivity index (χ3v) is 5.78. The molecule has 1 atom stereocenters. The van der Waals surface area contributed by atoms with E-state index in [1.165, 1.54) is 48.4 Å². The fraction of sp³-hybridized carbons (Fsp3) is 0.812. The number of nitrogens with zero attached hydrogens (tertiary/aromatic N) is 1. The first-order valence-electron chi connectivity index (χ1n) is 7.93. The Morgan fingerprint density at radius 2 is 2.05 bits per heavy atom. The summed E-state index contributed by atoms with van der Waals surface area (Å²) in [6.07, 6.45) is 10.1. The van der Waals surface area contributed by atoms with Crippen LogP contribution in [0.3, 0.4) is 0 Å². The summed E-state index contributed by atoms with van der Waals surface area (Å²) in [4.78, 5) is 6.10. The Balaban J connectivity index is 1.90. The molecule has 2 rings (SSSR count). The first-order valence-corrected chi connectivity index (χ1v) is 8.75. The summed E-state index contributed by atoms with van der Waals surface area (Å²) in [5.41, 5.74) is 0. The molecule has 3 heteroatoms. The van der Waals surface area contributed by atoms with Crippen LogP contribution >= 0.6 is 11.3 Å². The molecular weight excluding hydrogens is 252 g/mol. The average Bonchev–Trinajstić information content (AvgIpc) is 2.94. The Bertz CT molecular complexity index is 367. The van der Waals surface area contributed by atoms with Crippen molar-refractivity contribution in [1.29, 1.82) is 0 Å². The van der Waals surface area contributed by atoms with Gasteiger partial charge in [0.15, 0.2) is 0 Å². The highest BCUT2D eigenvalue weighted by Gasteiger charge is 2.24. The Labute approximate surface area is 122 Å². The molecule has 1 aromatic rings. The smallest absolute Gasteiger partial charge is 0.0959 e. The van der Waals surface area contributed by atoms with Crippen LogP contribution < -0.4 is 5.32 Å². The van der Waals surface area contributed by atoms with Gasteiger partial charge in [-0.1, -0.05) is 20.3 Å². The van der Waals surface area contributed by atoms with Gasteiger partial charge in [0.1, 0.15) is 0 Å². The summed E-state index contributed by atoms with van der Waals surface area (Å²) in [6.45, 7) is 7.88. The molecule has 0 aliphatic heterocycles. The van der Waals surface area contributed by atoms with Crippen molar-refractivity contribution in [2.45, 2.75) is 71.3 Å². The van der Waals surface area contributed by atoms with E-state index in [-0.39, 0.29) is 0 Å². The zero-order valence-corrected chi connectivity index (χ0v) is 13.4. The van der Waals surface area contributed by atoms with Gasteiger partial charge in [-0.05, 0) is 51.5 Å². The minimum Gasteiger partial charge on any atom is -0.309 e. The lowest BCUT2D eigenvalue weighted by molar-refractivity contribution is 0.318. The SMILES string of the molecule is CCCNC(C)c1cnc(C2CCC(CC)CC2)s1. The van der Waals surface area contributed by atoms with Crippen molar-refractivity contribution in [3.63, 3.8) is 0 Å². The first-order chi connectivity index (χ1) is 9.24. The molecule has 19 heavy (non-hydrogen) atoms. The second-order valence-electron chi connectivity index (χ2n) is 5.90. The molecule has 0 saturated heterocycles. The van der Waals surface area contributed by atoms with Crippen molar-refractivity contribution >= 4 is 11.3 Å². The van der Waals surface area contributed by atoms with E-state index in [0.717, 1.165) is 18.4 Å². The van der Waals surface area contributed by atoms with Gasteiger partial charge < -0.3 is 5.32 Å². The van der Waals surface area contributed by atoms with Crippen LogP contribution in [0.5, 0.6) is 0 Å². The van der Waals surface area contributed by atoms with Crippen molar-refractivity contribution in [3.05, 3.63) is 16.1 Å². The van der Waals surface area contributed by atoms with Crippen LogP contribution in [0.15, 0.2) is 6.20 Å². The van der Waals surface area contributed by atoms with Gasteiger partial charge in [0.25, 0.3) is 0 Å². The van der Waals surface area contributed by atoms with E-state index in [0.29, 0.717) is 6.04 Å². The van der Waals surface area contributed by atoms with Gasteiger partial charge in [0.05, 0.1) is 5.01 Å². The third-order valence-electron chi connectivity index (χ3n) is 4.44. The van der Waals surface area contributed by atoms with Gasteiger partial charge >= 0.3 is 0 Å². The summed E-state index contributed by atoms with van der Waals surface area (Å²) in [5.74, 6) is 1.71. The summed E-state index contributed by atoms with van der Waals surface area (Å²) >= 11 is 1.93. The van der Waals surface area contributed by atoms with Crippen molar-refractivity contribution in [1.82, 2.24) is 10.3 Å². The number of thiazole rings is 1. The van der Waals surface area contributed by atoms with E-state index in [1.807, 2.05) is 11.3 Å². The van der Waals surface area contributed by atoms with E-state index in [2.05, 4.69) is 32.3 Å². The summed E-state index contributed by atoms with van der Waals surface area (Å²) in [6, 6.07) is 0.457. The third kappa shape index (κ3) is 4.03. The Hall–Kier alpha value is -0.410. The molecule has 1 saturated carbocycles. The van der Waals surface area contributed by atoms with E-state index in [1.54, 1.807) is 0 Å². The molecular formula is C16H28N2S. The van der Waals surface area contributed by atoms with Crippen molar-refractivity contribution in [3.8, 4) is 0 Å². The van der Waals surface area contributed by atoms with Crippen LogP contribution in [-0.4, -0.2) is 11.5 Å². The number of rotatable bonds is 6. The highest BCUT2D eigenvalue weighted by Crippen LogP contribution is 2.39. The Kier molecular flexibility index (Phi) is 5.83. The number of aromatic nitrogens is 1. The molecule has 108 valence electrons. The van der Waals surface area contributed by atoms with E-state index in [9.17, 15) is 0 Å². The summed E-state index contributed by atoms with van der Waals surface area (Å²) in [5, 5.41) is 4.94. The Morgan fingerprint density at radius 3 is 2.68 bits per heavy atom. The molecule has 1 fully saturated rings. The lowest BCUT2D eigenvalue weighted by Crippen LogP contribution is -2.18. The highest BCUT2D eigenvalue weighted by atomic mass is 32.1. The molecule has 1 aromatic heterocycles. The Morgan fingerprint density at radius 1 is 1.32 bits per heavy atom. The monoisotopic (exact) mass is 280 g/mol. The molecule has 0 radical (unpaired) electrons. The molecule has 2 nitrogen and oxygen atoms in total. The number of nitrogens with one attached hydrogen (secondary N) is 1. The molecule has 0 amide bonds. The first kappa shape index (κ1) is 15.0. The highest BCUT2D eigenvalue weighted by molar-refractivity contribution is 7.11. The van der Waals surface area contributed by atoms with Crippen molar-refractivity contribution in [2.24, 2.45) is 5.92 Å². The van der Waals surface area contributed by atoms with Crippen LogP contribution in [0, 0.1) is 5.92 Å². The molecule has 1 unspecified atom stereocenters. The van der Waals surface area contributed by atoms with Gasteiger partial charge in [-0.15, -0.1) is 11.3 Å². The van der Waals surface area contributed by atoms with E-state index < -0.39 is 0 Å². The topological polar surface area (TPSA) is 24.9 Å². The van der Waals surface area contributed by atoms with Crippen LogP contribution in [0.1, 0.15) is 81.1 Å². The largest absolute Gasteiger partial charge is 0.309 e. The molecule has 0 spiro atoms. The molecule has 0 aromatic carbocycles. The lowest BCUT2D eigenvalue weighted by Gasteiger charge is -2.26. The fourth-order valence-corrected chi connectivity index (χ4v) is 4.08. The quantitative estimate of drug-likeness (QED) is 0.802. The second-order valence-corrected chi connectivity index (χ2v) is 7.00. The normalized spacial score (nSPS) is 25.4. The maximum absolute atomic E-state index is 4.70. The average molecular weight is 280 g/mol. The predicted octanol–water partition coefficient (Wildman–Crippen LogP) is 4.89. The van der Waals surface area contributed by atoms with Gasteiger partial charge in [0.2, 0.25) is 0 Å². The van der Waals surface area contributed by atoms with Gasteiger partial charge in [0, 0.05) is 23.0 Å². The van der Waals surface area contributed by atoms with Gasteiger partial charge in [-0.25, -0.2) is 4.98 Å². The lowest BCUT2D eigenvalue weighted by atomic mass is 9.81. The predicted molar refractivity (Wildman–Crippen MR) is 83.8 cm³/mol. The van der Waals surface area contributed by atoms with Crippen LogP contribution in [0.4, 0.5) is 0 Å². The number of hydrogen-bond acceptors (Lipinski definition) is 3. The molecule has 1 N–H and O–H groups in total. The van der Waals surface area contributed by atoms with Crippen molar-refractivity contribution in [2.75, 3.05) is 6.54 Å². The fourth-order valence-electron chi connectivity index (χ4n) is 2.97. The van der Waals surface area contributed by atoms with Gasteiger partial charge in [-0.2, -0.15) is 0 Å². The van der Waals surface area contributed by atoms with E-state index in [4.69, 9.17) is 4.98 Å². The zero-order valence-electron chi connectivity index (χ0n) is 12.6. The molecule has 0 bridgehead atoms. The summed E-state index contributed by atoms with van der Waals surface area (Å²) in [7, 11) is 0. The second kappa shape index (κ2) is 7.39. The maximum Gasteiger partial charge on any atom is 0.0959 e. The standard InChI is InChI=1S/C16H28N2S/c1-4-10-17-12(3)15-11-18-16(19-15)14-8-6-13(5-2)7-9-14/h11-14,17H,4-10H2,1-3H3. The molecule has 1 aliphatic rings. The van der Waals surface area contributed by atoms with Crippen LogP contribution in [0.2, 0.25) is 0 Å². The minimum atomic E-state index is 0.457. The maximum atomic E-state index is 4.70. The van der Waals surface area contributed by atoms with Crippen LogP contribution in [0.25, 0.3) is 0 Å².